The number of aliphatic hydroxyl groups excluding tert-OH is 1. The Bertz CT molecular complexity index is 291. The summed E-state index contributed by atoms with van der Waals surface area (Å²) in [5.74, 6) is -0.0353. The van der Waals surface area contributed by atoms with Crippen LogP contribution in [0.5, 0.6) is 0 Å². The van der Waals surface area contributed by atoms with Crippen molar-refractivity contribution < 1.29 is 14.6 Å². The minimum atomic E-state index is -0.0353. The highest BCUT2D eigenvalue weighted by Crippen LogP contribution is 2.13. The van der Waals surface area contributed by atoms with Crippen LogP contribution in [0.3, 0.4) is 0 Å². The topological polar surface area (TPSA) is 46.5 Å². The van der Waals surface area contributed by atoms with Gasteiger partial charge in [-0.05, 0) is 25.7 Å². The van der Waals surface area contributed by atoms with Crippen molar-refractivity contribution in [2.45, 2.75) is 135 Å². The SMILES string of the molecule is CCCCCCCCCCCCCCCCCC(=O)OCCCCCCO. The lowest BCUT2D eigenvalue weighted by Crippen LogP contribution is -2.05. The number of hydrogen-bond acceptors (Lipinski definition) is 3. The number of ether oxygens (including phenoxy) is 1. The van der Waals surface area contributed by atoms with Crippen LogP contribution >= 0.6 is 0 Å². The van der Waals surface area contributed by atoms with Gasteiger partial charge >= 0.3 is 5.97 Å². The molecule has 0 rings (SSSR count). The average molecular weight is 385 g/mol. The van der Waals surface area contributed by atoms with E-state index in [1.807, 2.05) is 0 Å². The summed E-state index contributed by atoms with van der Waals surface area (Å²) in [7, 11) is 0. The van der Waals surface area contributed by atoms with Gasteiger partial charge in [-0.3, -0.25) is 4.79 Å². The molecule has 0 aliphatic heterocycles. The molecule has 0 radical (unpaired) electrons. The summed E-state index contributed by atoms with van der Waals surface area (Å²) in [6.45, 7) is 3.08. The Morgan fingerprint density at radius 1 is 0.593 bits per heavy atom. The number of rotatable bonds is 22. The lowest BCUT2D eigenvalue weighted by Gasteiger charge is -2.05. The summed E-state index contributed by atoms with van der Waals surface area (Å²) in [5, 5.41) is 8.69. The molecule has 0 spiro atoms. The van der Waals surface area contributed by atoms with E-state index in [1.165, 1.54) is 83.5 Å². The van der Waals surface area contributed by atoms with Crippen molar-refractivity contribution in [3.05, 3.63) is 0 Å². The molecule has 0 unspecified atom stereocenters. The quantitative estimate of drug-likeness (QED) is 0.157. The minimum Gasteiger partial charge on any atom is -0.466 e. The van der Waals surface area contributed by atoms with Gasteiger partial charge in [0.05, 0.1) is 6.61 Å². The molecule has 27 heavy (non-hydrogen) atoms. The van der Waals surface area contributed by atoms with Crippen LogP contribution in [0.1, 0.15) is 135 Å². The van der Waals surface area contributed by atoms with Crippen molar-refractivity contribution in [1.82, 2.24) is 0 Å². The molecule has 0 aromatic heterocycles. The summed E-state index contributed by atoms with van der Waals surface area (Å²) < 4.78 is 5.24. The van der Waals surface area contributed by atoms with Gasteiger partial charge in [0.25, 0.3) is 0 Å². The standard InChI is InChI=1S/C24H48O3/c1-2-3-4-5-6-7-8-9-10-11-12-13-14-15-18-21-24(26)27-23-20-17-16-19-22-25/h25H,2-23H2,1H3. The van der Waals surface area contributed by atoms with E-state index in [-0.39, 0.29) is 12.6 Å². The predicted octanol–water partition coefficient (Wildman–Crippen LogP) is 7.34. The lowest BCUT2D eigenvalue weighted by molar-refractivity contribution is -0.143. The van der Waals surface area contributed by atoms with Gasteiger partial charge in [-0.15, -0.1) is 0 Å². The van der Waals surface area contributed by atoms with Crippen molar-refractivity contribution in [2.75, 3.05) is 13.2 Å². The maximum atomic E-state index is 11.6. The summed E-state index contributed by atoms with van der Waals surface area (Å²) in [6, 6.07) is 0. The van der Waals surface area contributed by atoms with E-state index in [0.29, 0.717) is 13.0 Å². The van der Waals surface area contributed by atoms with Crippen molar-refractivity contribution in [1.29, 1.82) is 0 Å². The van der Waals surface area contributed by atoms with E-state index in [1.54, 1.807) is 0 Å². The molecule has 1 N–H and O–H groups in total. The molecule has 0 saturated heterocycles. The van der Waals surface area contributed by atoms with Gasteiger partial charge in [0.1, 0.15) is 0 Å². The van der Waals surface area contributed by atoms with Crippen molar-refractivity contribution in [2.24, 2.45) is 0 Å². The van der Waals surface area contributed by atoms with Crippen LogP contribution < -0.4 is 0 Å². The molecule has 0 saturated carbocycles. The van der Waals surface area contributed by atoms with Crippen LogP contribution in [-0.2, 0) is 9.53 Å². The Morgan fingerprint density at radius 2 is 1.00 bits per heavy atom. The van der Waals surface area contributed by atoms with E-state index in [4.69, 9.17) is 9.84 Å². The highest BCUT2D eigenvalue weighted by atomic mass is 16.5. The molecule has 0 heterocycles. The fraction of sp³-hybridized carbons (Fsp3) is 0.958. The van der Waals surface area contributed by atoms with Gasteiger partial charge in [0.2, 0.25) is 0 Å². The smallest absolute Gasteiger partial charge is 0.305 e. The van der Waals surface area contributed by atoms with E-state index in [0.717, 1.165) is 38.5 Å². The first-order chi connectivity index (χ1) is 13.3. The summed E-state index contributed by atoms with van der Waals surface area (Å²) in [4.78, 5) is 11.6. The van der Waals surface area contributed by atoms with Crippen molar-refractivity contribution >= 4 is 5.97 Å². The van der Waals surface area contributed by atoms with Crippen LogP contribution in [0.15, 0.2) is 0 Å². The van der Waals surface area contributed by atoms with Crippen LogP contribution in [0.4, 0.5) is 0 Å². The molecule has 0 amide bonds. The van der Waals surface area contributed by atoms with Gasteiger partial charge < -0.3 is 9.84 Å². The fourth-order valence-electron chi connectivity index (χ4n) is 3.47. The largest absolute Gasteiger partial charge is 0.466 e. The first-order valence-electron chi connectivity index (χ1n) is 12.1. The Kier molecular flexibility index (Phi) is 23.0. The van der Waals surface area contributed by atoms with E-state index < -0.39 is 0 Å². The summed E-state index contributed by atoms with van der Waals surface area (Å²) in [6.07, 6.45) is 24.6. The summed E-state index contributed by atoms with van der Waals surface area (Å²) >= 11 is 0. The normalized spacial score (nSPS) is 11.0. The predicted molar refractivity (Wildman–Crippen MR) is 116 cm³/mol. The number of esters is 1. The van der Waals surface area contributed by atoms with E-state index in [9.17, 15) is 4.79 Å². The fourth-order valence-corrected chi connectivity index (χ4v) is 3.47. The maximum Gasteiger partial charge on any atom is 0.305 e. The molecule has 3 heteroatoms. The van der Waals surface area contributed by atoms with Crippen LogP contribution in [0.25, 0.3) is 0 Å². The number of carbonyl (C=O) groups is 1. The van der Waals surface area contributed by atoms with Gasteiger partial charge in [-0.1, -0.05) is 103 Å². The van der Waals surface area contributed by atoms with E-state index in [2.05, 4.69) is 6.92 Å². The second-order valence-electron chi connectivity index (χ2n) is 8.06. The Morgan fingerprint density at radius 3 is 1.48 bits per heavy atom. The third-order valence-corrected chi connectivity index (χ3v) is 5.30. The van der Waals surface area contributed by atoms with Crippen molar-refractivity contribution in [3.63, 3.8) is 0 Å². The van der Waals surface area contributed by atoms with Crippen LogP contribution in [0.2, 0.25) is 0 Å². The zero-order valence-electron chi connectivity index (χ0n) is 18.3. The molecule has 0 aromatic carbocycles. The number of aliphatic hydroxyl groups is 1. The third kappa shape index (κ3) is 23.4. The molecule has 0 atom stereocenters. The molecule has 0 aromatic rings. The highest BCUT2D eigenvalue weighted by molar-refractivity contribution is 5.69. The first kappa shape index (κ1) is 26.4. The van der Waals surface area contributed by atoms with Crippen LogP contribution in [-0.4, -0.2) is 24.3 Å². The zero-order valence-corrected chi connectivity index (χ0v) is 18.3. The maximum absolute atomic E-state index is 11.6. The average Bonchev–Trinajstić information content (AvgIpc) is 2.67. The zero-order chi connectivity index (χ0) is 19.8. The second kappa shape index (κ2) is 23.5. The minimum absolute atomic E-state index is 0.0353. The lowest BCUT2D eigenvalue weighted by atomic mass is 10.0. The number of carbonyl (C=O) groups excluding carboxylic acids is 1. The Hall–Kier alpha value is -0.570. The molecule has 0 aliphatic rings. The molecular formula is C24H48O3. The molecule has 0 aliphatic carbocycles. The Balaban J connectivity index is 3.10. The van der Waals surface area contributed by atoms with Gasteiger partial charge in [0, 0.05) is 13.0 Å². The van der Waals surface area contributed by atoms with Gasteiger partial charge in [-0.2, -0.15) is 0 Å². The van der Waals surface area contributed by atoms with Gasteiger partial charge in [-0.25, -0.2) is 0 Å². The molecular weight excluding hydrogens is 336 g/mol. The van der Waals surface area contributed by atoms with E-state index >= 15 is 0 Å². The monoisotopic (exact) mass is 384 g/mol. The first-order valence-corrected chi connectivity index (χ1v) is 12.1. The second-order valence-corrected chi connectivity index (χ2v) is 8.06. The third-order valence-electron chi connectivity index (χ3n) is 5.30. The molecule has 0 bridgehead atoms. The van der Waals surface area contributed by atoms with Crippen LogP contribution in [0, 0.1) is 0 Å². The Labute approximate surface area is 169 Å². The molecule has 3 nitrogen and oxygen atoms in total. The molecule has 0 fully saturated rings. The number of hydrogen-bond donors (Lipinski definition) is 1. The summed E-state index contributed by atoms with van der Waals surface area (Å²) in [5.41, 5.74) is 0. The molecule has 162 valence electrons. The van der Waals surface area contributed by atoms with Crippen molar-refractivity contribution in [3.8, 4) is 0 Å². The highest BCUT2D eigenvalue weighted by Gasteiger charge is 2.02. The number of unbranched alkanes of at least 4 members (excludes halogenated alkanes) is 17. The van der Waals surface area contributed by atoms with Gasteiger partial charge in [0.15, 0.2) is 0 Å².